The molecule has 4 atom stereocenters. The number of ether oxygens (including phenoxy) is 1. The third kappa shape index (κ3) is 4.89. The van der Waals surface area contributed by atoms with E-state index in [4.69, 9.17) is 4.74 Å². The average Bonchev–Trinajstić information content (AvgIpc) is 2.79. The molecule has 1 N–H and O–H groups in total. The van der Waals surface area contributed by atoms with Gasteiger partial charge in [0.1, 0.15) is 0 Å². The van der Waals surface area contributed by atoms with Crippen LogP contribution in [0, 0.1) is 11.8 Å². The summed E-state index contributed by atoms with van der Waals surface area (Å²) >= 11 is 0. The summed E-state index contributed by atoms with van der Waals surface area (Å²) in [4.78, 5) is 0. The van der Waals surface area contributed by atoms with Crippen molar-refractivity contribution in [3.05, 3.63) is 0 Å². The van der Waals surface area contributed by atoms with Crippen LogP contribution in [-0.4, -0.2) is 25.3 Å². The fourth-order valence-corrected chi connectivity index (χ4v) is 3.29. The van der Waals surface area contributed by atoms with Gasteiger partial charge in [-0.25, -0.2) is 0 Å². The van der Waals surface area contributed by atoms with Gasteiger partial charge in [-0.2, -0.15) is 0 Å². The fourth-order valence-electron chi connectivity index (χ4n) is 3.29. The van der Waals surface area contributed by atoms with E-state index in [2.05, 4.69) is 33.0 Å². The predicted molar refractivity (Wildman–Crippen MR) is 78.9 cm³/mol. The Morgan fingerprint density at radius 2 is 2.06 bits per heavy atom. The molecule has 0 aliphatic carbocycles. The van der Waals surface area contributed by atoms with Crippen molar-refractivity contribution in [1.29, 1.82) is 0 Å². The van der Waals surface area contributed by atoms with Crippen LogP contribution in [0.3, 0.4) is 0 Å². The van der Waals surface area contributed by atoms with E-state index in [1.807, 2.05) is 0 Å². The largest absolute Gasteiger partial charge is 0.378 e. The molecular weight excluding hydrogens is 222 g/mol. The number of rotatable bonds is 9. The molecule has 0 bridgehead atoms. The Labute approximate surface area is 114 Å². The summed E-state index contributed by atoms with van der Waals surface area (Å²) in [6, 6.07) is 0.661. The first-order chi connectivity index (χ1) is 8.72. The number of unbranched alkanes of at least 4 members (excludes halogenated alkanes) is 1. The van der Waals surface area contributed by atoms with Gasteiger partial charge < -0.3 is 10.1 Å². The Kier molecular flexibility index (Phi) is 7.92. The Hall–Kier alpha value is -0.0800. The second-order valence-electron chi connectivity index (χ2n) is 5.84. The maximum Gasteiger partial charge on any atom is 0.0590 e. The standard InChI is InChI=1S/C16H33NO/c1-5-8-9-14(6-2)12-16(17-7-3)15-10-11-18-13(15)4/h13-17H,5-12H2,1-4H3. The van der Waals surface area contributed by atoms with Crippen molar-refractivity contribution in [2.24, 2.45) is 11.8 Å². The van der Waals surface area contributed by atoms with E-state index >= 15 is 0 Å². The van der Waals surface area contributed by atoms with Gasteiger partial charge in [0.15, 0.2) is 0 Å². The van der Waals surface area contributed by atoms with E-state index in [0.717, 1.165) is 25.0 Å². The highest BCUT2D eigenvalue weighted by Gasteiger charge is 2.32. The van der Waals surface area contributed by atoms with Crippen LogP contribution in [-0.2, 0) is 4.74 Å². The van der Waals surface area contributed by atoms with Crippen molar-refractivity contribution in [1.82, 2.24) is 5.32 Å². The van der Waals surface area contributed by atoms with E-state index in [1.165, 1.54) is 38.5 Å². The highest BCUT2D eigenvalue weighted by atomic mass is 16.5. The van der Waals surface area contributed by atoms with Crippen LogP contribution in [0.4, 0.5) is 0 Å². The lowest BCUT2D eigenvalue weighted by Crippen LogP contribution is -2.40. The second-order valence-corrected chi connectivity index (χ2v) is 5.84. The summed E-state index contributed by atoms with van der Waals surface area (Å²) in [7, 11) is 0. The minimum Gasteiger partial charge on any atom is -0.378 e. The summed E-state index contributed by atoms with van der Waals surface area (Å²) < 4.78 is 5.75. The van der Waals surface area contributed by atoms with Gasteiger partial charge in [0.2, 0.25) is 0 Å². The van der Waals surface area contributed by atoms with Crippen LogP contribution in [0.2, 0.25) is 0 Å². The van der Waals surface area contributed by atoms with Gasteiger partial charge in [0, 0.05) is 18.6 Å². The molecule has 0 aromatic carbocycles. The molecule has 0 aromatic heterocycles. The van der Waals surface area contributed by atoms with Crippen LogP contribution in [0.25, 0.3) is 0 Å². The summed E-state index contributed by atoms with van der Waals surface area (Å²) in [5.74, 6) is 1.61. The second kappa shape index (κ2) is 8.92. The molecule has 0 aromatic rings. The van der Waals surface area contributed by atoms with Gasteiger partial charge >= 0.3 is 0 Å². The van der Waals surface area contributed by atoms with Gasteiger partial charge in [0.05, 0.1) is 6.10 Å². The predicted octanol–water partition coefficient (Wildman–Crippen LogP) is 4.00. The number of hydrogen-bond donors (Lipinski definition) is 1. The minimum absolute atomic E-state index is 0.442. The molecule has 0 radical (unpaired) electrons. The summed E-state index contributed by atoms with van der Waals surface area (Å²) in [6.45, 7) is 11.1. The maximum atomic E-state index is 5.75. The molecule has 1 rings (SSSR count). The molecule has 0 saturated carbocycles. The topological polar surface area (TPSA) is 21.3 Å². The first-order valence-electron chi connectivity index (χ1n) is 8.07. The molecule has 1 aliphatic heterocycles. The Morgan fingerprint density at radius 1 is 1.28 bits per heavy atom. The van der Waals surface area contributed by atoms with Crippen molar-refractivity contribution < 1.29 is 4.74 Å². The van der Waals surface area contributed by atoms with Crippen molar-refractivity contribution >= 4 is 0 Å². The zero-order valence-electron chi connectivity index (χ0n) is 12.9. The SMILES string of the molecule is CCCCC(CC)CC(NCC)C1CCOC1C. The van der Waals surface area contributed by atoms with Gasteiger partial charge in [0.25, 0.3) is 0 Å². The summed E-state index contributed by atoms with van der Waals surface area (Å²) in [5, 5.41) is 3.72. The molecular formula is C16H33NO. The highest BCUT2D eigenvalue weighted by Crippen LogP contribution is 2.29. The van der Waals surface area contributed by atoms with Crippen molar-refractivity contribution in [3.63, 3.8) is 0 Å². The number of nitrogens with one attached hydrogen (secondary N) is 1. The smallest absolute Gasteiger partial charge is 0.0590 e. The molecule has 0 spiro atoms. The first kappa shape index (κ1) is 16.0. The first-order valence-corrected chi connectivity index (χ1v) is 8.07. The van der Waals surface area contributed by atoms with E-state index in [0.29, 0.717) is 12.1 Å². The van der Waals surface area contributed by atoms with Gasteiger partial charge in [-0.05, 0) is 32.2 Å². The number of hydrogen-bond acceptors (Lipinski definition) is 2. The fraction of sp³-hybridized carbons (Fsp3) is 1.00. The maximum absolute atomic E-state index is 5.75. The molecule has 0 amide bonds. The van der Waals surface area contributed by atoms with Gasteiger partial charge in [-0.1, -0.05) is 46.5 Å². The normalized spacial score (nSPS) is 27.3. The van der Waals surface area contributed by atoms with Crippen molar-refractivity contribution in [2.45, 2.75) is 78.4 Å². The zero-order valence-corrected chi connectivity index (χ0v) is 12.9. The van der Waals surface area contributed by atoms with Crippen LogP contribution in [0.5, 0.6) is 0 Å². The molecule has 1 heterocycles. The third-order valence-electron chi connectivity index (χ3n) is 4.55. The molecule has 1 fully saturated rings. The van der Waals surface area contributed by atoms with Gasteiger partial charge in [-0.15, -0.1) is 0 Å². The van der Waals surface area contributed by atoms with Crippen molar-refractivity contribution in [3.8, 4) is 0 Å². The summed E-state index contributed by atoms with van der Waals surface area (Å²) in [5.41, 5.74) is 0. The van der Waals surface area contributed by atoms with E-state index in [-0.39, 0.29) is 0 Å². The van der Waals surface area contributed by atoms with Crippen LogP contribution < -0.4 is 5.32 Å². The lowest BCUT2D eigenvalue weighted by molar-refractivity contribution is 0.0915. The molecule has 2 heteroatoms. The minimum atomic E-state index is 0.442. The van der Waals surface area contributed by atoms with Gasteiger partial charge in [-0.3, -0.25) is 0 Å². The average molecular weight is 255 g/mol. The highest BCUT2D eigenvalue weighted by molar-refractivity contribution is 4.85. The van der Waals surface area contributed by atoms with Crippen LogP contribution in [0.1, 0.15) is 66.2 Å². The molecule has 1 saturated heterocycles. The molecule has 1 aliphatic rings. The van der Waals surface area contributed by atoms with E-state index in [9.17, 15) is 0 Å². The molecule has 4 unspecified atom stereocenters. The lowest BCUT2D eigenvalue weighted by atomic mass is 9.84. The lowest BCUT2D eigenvalue weighted by Gasteiger charge is -2.30. The molecule has 18 heavy (non-hydrogen) atoms. The summed E-state index contributed by atoms with van der Waals surface area (Å²) in [6.07, 6.45) is 8.45. The Bertz CT molecular complexity index is 207. The Balaban J connectivity index is 2.49. The molecule has 108 valence electrons. The van der Waals surface area contributed by atoms with Crippen LogP contribution in [0.15, 0.2) is 0 Å². The van der Waals surface area contributed by atoms with Crippen LogP contribution >= 0.6 is 0 Å². The third-order valence-corrected chi connectivity index (χ3v) is 4.55. The van der Waals surface area contributed by atoms with E-state index in [1.54, 1.807) is 0 Å². The zero-order chi connectivity index (χ0) is 13.4. The van der Waals surface area contributed by atoms with Crippen molar-refractivity contribution in [2.75, 3.05) is 13.2 Å². The molecule has 2 nitrogen and oxygen atoms in total. The quantitative estimate of drug-likeness (QED) is 0.672. The van der Waals surface area contributed by atoms with E-state index < -0.39 is 0 Å². The Morgan fingerprint density at radius 3 is 2.56 bits per heavy atom. The monoisotopic (exact) mass is 255 g/mol.